The molecule has 12 aromatic rings. The fourth-order valence-corrected chi connectivity index (χ4v) is 12.7. The summed E-state index contributed by atoms with van der Waals surface area (Å²) in [4.78, 5) is 0. The van der Waals surface area contributed by atoms with E-state index in [0.29, 0.717) is 0 Å². The molecule has 10 heteroatoms. The number of nitrogens with zero attached hydrogens (tertiary/aromatic N) is 2. The lowest BCUT2D eigenvalue weighted by Gasteiger charge is -2.37. The largest absolute Gasteiger partial charge is 0.458 e. The zero-order chi connectivity index (χ0) is 45.1. The van der Waals surface area contributed by atoms with Crippen LogP contribution in [0.4, 0.5) is 0 Å². The molecule has 0 spiro atoms. The van der Waals surface area contributed by atoms with Crippen LogP contribution in [0.25, 0.3) is 66.1 Å². The third-order valence-corrected chi connectivity index (χ3v) is 15.5. The number of rotatable bonds is 3. The van der Waals surface area contributed by atoms with Gasteiger partial charge in [-0.25, -0.2) is 0 Å². The van der Waals surface area contributed by atoms with Gasteiger partial charge in [-0.1, -0.05) is 72.8 Å². The average molecular weight is 897 g/mol. The summed E-state index contributed by atoms with van der Waals surface area (Å²) in [6.07, 6.45) is 0. The lowest BCUT2D eigenvalue weighted by molar-refractivity contribution is 0.442. The molecule has 10 aromatic carbocycles. The van der Waals surface area contributed by atoms with Gasteiger partial charge in [-0.2, -0.15) is 0 Å². The molecule has 0 saturated carbocycles. The second-order valence-electron chi connectivity index (χ2n) is 19.0. The molecule has 6 aliphatic heterocycles. The highest BCUT2D eigenvalue weighted by Gasteiger charge is 2.48. The summed E-state index contributed by atoms with van der Waals surface area (Å²) < 4.78 is 44.6. The summed E-state index contributed by atoms with van der Waals surface area (Å²) in [5.74, 6) is 9.72. The fraction of sp³-hybridized carbons (Fsp3) is 0. The average Bonchev–Trinajstić information content (AvgIpc) is 3.91. The summed E-state index contributed by atoms with van der Waals surface area (Å²) in [5.41, 5.74) is 14.9. The van der Waals surface area contributed by atoms with Crippen molar-refractivity contribution in [3.8, 4) is 91.5 Å². The Morgan fingerprint density at radius 2 is 0.529 bits per heavy atom. The lowest BCUT2D eigenvalue weighted by atomic mass is 9.34. The molecule has 8 heterocycles. The van der Waals surface area contributed by atoms with Crippen LogP contribution >= 0.6 is 0 Å². The zero-order valence-corrected chi connectivity index (χ0v) is 36.8. The molecule has 18 rings (SSSR count). The van der Waals surface area contributed by atoms with Gasteiger partial charge in [-0.05, 0) is 96.1 Å². The van der Waals surface area contributed by atoms with Crippen LogP contribution in [0.5, 0.6) is 69.0 Å². The molecule has 0 amide bonds. The molecule has 0 unspecified atom stereocenters. The van der Waals surface area contributed by atoms with Crippen LogP contribution in [0.15, 0.2) is 182 Å². The highest BCUT2D eigenvalue weighted by Crippen LogP contribution is 2.47. The molecule has 0 saturated heterocycles. The van der Waals surface area contributed by atoms with E-state index in [1.54, 1.807) is 0 Å². The molecule has 0 fully saturated rings. The topological polar surface area (TPSA) is 65.2 Å². The molecular weight excluding hydrogens is 866 g/mol. The standard InChI is InChI=1S/C60H30B2N2O6/c1-3-11-39-35(9-1)37-25-31(21-23-41(37)63(39)33-27-51-59-52(28-33)68-48-18-6-14-44-56(48)61(59)55-43(65-44)13-5-17-47(55)67-51)32-22-24-42-38(26-32)36-10-2-4-12-40(36)64(42)34-29-53-60-54(30-34)70-50-20-8-16-46-58(50)62(60)57-45(66-46)15-7-19-49(57)69-53/h1-30H. The van der Waals surface area contributed by atoms with Gasteiger partial charge in [-0.3, -0.25) is 0 Å². The minimum Gasteiger partial charge on any atom is -0.458 e. The zero-order valence-electron chi connectivity index (χ0n) is 36.8. The van der Waals surface area contributed by atoms with Crippen molar-refractivity contribution in [2.24, 2.45) is 0 Å². The summed E-state index contributed by atoms with van der Waals surface area (Å²) in [6, 6.07) is 64.0. The third kappa shape index (κ3) is 4.41. The van der Waals surface area contributed by atoms with Crippen molar-refractivity contribution >= 4 is 89.8 Å². The second-order valence-corrected chi connectivity index (χ2v) is 19.0. The Balaban J connectivity index is 0.780. The van der Waals surface area contributed by atoms with E-state index in [-0.39, 0.29) is 13.4 Å². The van der Waals surface area contributed by atoms with E-state index in [1.807, 2.05) is 72.8 Å². The number of hydrogen-bond acceptors (Lipinski definition) is 6. The molecular formula is C60H30B2N2O6. The number of fused-ring (bicyclic) bond motifs is 6. The molecule has 0 N–H and O–H groups in total. The molecule has 0 radical (unpaired) electrons. The monoisotopic (exact) mass is 896 g/mol. The fourth-order valence-electron chi connectivity index (χ4n) is 12.7. The highest BCUT2D eigenvalue weighted by atomic mass is 16.5. The Bertz CT molecular complexity index is 4040. The Morgan fingerprint density at radius 1 is 0.243 bits per heavy atom. The molecule has 0 aliphatic carbocycles. The quantitative estimate of drug-likeness (QED) is 0.165. The van der Waals surface area contributed by atoms with Crippen LogP contribution in [0, 0.1) is 0 Å². The van der Waals surface area contributed by atoms with Gasteiger partial charge in [0, 0.05) is 78.6 Å². The van der Waals surface area contributed by atoms with Gasteiger partial charge in [-0.15, -0.1) is 0 Å². The van der Waals surface area contributed by atoms with E-state index in [9.17, 15) is 0 Å². The van der Waals surface area contributed by atoms with E-state index in [0.717, 1.165) is 157 Å². The van der Waals surface area contributed by atoms with Crippen LogP contribution in [0.1, 0.15) is 0 Å². The van der Waals surface area contributed by atoms with Crippen LogP contribution in [0.3, 0.4) is 0 Å². The van der Waals surface area contributed by atoms with Crippen molar-refractivity contribution in [1.82, 2.24) is 9.13 Å². The van der Waals surface area contributed by atoms with Crippen molar-refractivity contribution in [2.75, 3.05) is 0 Å². The van der Waals surface area contributed by atoms with Gasteiger partial charge in [0.1, 0.15) is 69.0 Å². The maximum absolute atomic E-state index is 6.77. The SMILES string of the molecule is c1cc2c3c(c1)Oc1cc(-n4c5ccccc5c5cc(-c6ccc7c(c6)c6ccccc6n7-c6cc7c8c(c6)Oc6cccc9c6B8c6c(cccc6O7)O9)ccc54)cc4c1B3c1c(cccc1O4)O2. The lowest BCUT2D eigenvalue weighted by Crippen LogP contribution is -2.59. The summed E-state index contributed by atoms with van der Waals surface area (Å²) in [7, 11) is 0. The van der Waals surface area contributed by atoms with Crippen molar-refractivity contribution in [3.63, 3.8) is 0 Å². The van der Waals surface area contributed by atoms with Crippen LogP contribution < -0.4 is 61.2 Å². The number of para-hydroxylation sites is 2. The van der Waals surface area contributed by atoms with Crippen molar-refractivity contribution in [3.05, 3.63) is 182 Å². The summed E-state index contributed by atoms with van der Waals surface area (Å²) in [6.45, 7) is -0.0844. The smallest absolute Gasteiger partial charge is 0.270 e. The number of ether oxygens (including phenoxy) is 6. The van der Waals surface area contributed by atoms with Gasteiger partial charge in [0.2, 0.25) is 0 Å². The Kier molecular flexibility index (Phi) is 6.37. The Hall–Kier alpha value is -9.27. The van der Waals surface area contributed by atoms with Crippen molar-refractivity contribution < 1.29 is 28.4 Å². The van der Waals surface area contributed by atoms with E-state index in [4.69, 9.17) is 28.4 Å². The number of hydrogen-bond donors (Lipinski definition) is 0. The van der Waals surface area contributed by atoms with Gasteiger partial charge in [0.15, 0.2) is 0 Å². The van der Waals surface area contributed by atoms with E-state index in [2.05, 4.69) is 118 Å². The molecule has 0 bridgehead atoms. The van der Waals surface area contributed by atoms with Gasteiger partial charge in [0.05, 0.1) is 33.4 Å². The van der Waals surface area contributed by atoms with Crippen LogP contribution in [-0.4, -0.2) is 22.6 Å². The number of aromatic nitrogens is 2. The summed E-state index contributed by atoms with van der Waals surface area (Å²) >= 11 is 0. The van der Waals surface area contributed by atoms with E-state index in [1.165, 1.54) is 10.8 Å². The van der Waals surface area contributed by atoms with Crippen LogP contribution in [0.2, 0.25) is 0 Å². The minimum atomic E-state index is -0.0422. The first-order chi connectivity index (χ1) is 34.7. The van der Waals surface area contributed by atoms with Crippen LogP contribution in [-0.2, 0) is 0 Å². The molecule has 2 aromatic heterocycles. The van der Waals surface area contributed by atoms with Crippen molar-refractivity contribution in [1.29, 1.82) is 0 Å². The first-order valence-corrected chi connectivity index (χ1v) is 23.7. The van der Waals surface area contributed by atoms with Gasteiger partial charge in [0.25, 0.3) is 13.4 Å². The predicted molar refractivity (Wildman–Crippen MR) is 276 cm³/mol. The van der Waals surface area contributed by atoms with Gasteiger partial charge >= 0.3 is 0 Å². The molecule has 70 heavy (non-hydrogen) atoms. The maximum atomic E-state index is 6.77. The van der Waals surface area contributed by atoms with Crippen molar-refractivity contribution in [2.45, 2.75) is 0 Å². The normalized spacial score (nSPS) is 14.1. The van der Waals surface area contributed by atoms with E-state index >= 15 is 0 Å². The first kappa shape index (κ1) is 35.9. The van der Waals surface area contributed by atoms with E-state index < -0.39 is 0 Å². The summed E-state index contributed by atoms with van der Waals surface area (Å²) in [5, 5.41) is 4.65. The highest BCUT2D eigenvalue weighted by molar-refractivity contribution is 7.00. The molecule has 0 atom stereocenters. The molecule has 322 valence electrons. The Morgan fingerprint density at radius 3 is 0.871 bits per heavy atom. The second kappa shape index (κ2) is 12.4. The first-order valence-electron chi connectivity index (χ1n) is 23.7. The van der Waals surface area contributed by atoms with Gasteiger partial charge < -0.3 is 37.6 Å². The minimum absolute atomic E-state index is 0.0422. The predicted octanol–water partition coefficient (Wildman–Crippen LogP) is 11.2. The molecule has 6 aliphatic rings. The Labute approximate surface area is 399 Å². The maximum Gasteiger partial charge on any atom is 0.270 e. The third-order valence-electron chi connectivity index (χ3n) is 15.5. The molecule has 8 nitrogen and oxygen atoms in total. The number of benzene rings is 10.